The molecule has 0 radical (unpaired) electrons. The van der Waals surface area contributed by atoms with Crippen LogP contribution in [0.1, 0.15) is 31.0 Å². The Hall–Kier alpha value is -1.52. The normalized spacial score (nSPS) is 14.2. The molecule has 0 atom stereocenters. The van der Waals surface area contributed by atoms with Crippen LogP contribution in [-0.4, -0.2) is 28.9 Å². The predicted octanol–water partition coefficient (Wildman–Crippen LogP) is 1.08. The SMILES string of the molecule is CCNC(=O)NCCn1ncc2c1CCCC2. The molecule has 5 nitrogen and oxygen atoms in total. The lowest BCUT2D eigenvalue weighted by Gasteiger charge is -2.14. The molecule has 1 aromatic rings. The molecular weight excluding hydrogens is 216 g/mol. The van der Waals surface area contributed by atoms with E-state index in [1.807, 2.05) is 17.8 Å². The summed E-state index contributed by atoms with van der Waals surface area (Å²) >= 11 is 0. The highest BCUT2D eigenvalue weighted by Gasteiger charge is 2.14. The number of aryl methyl sites for hydroxylation is 1. The van der Waals surface area contributed by atoms with Gasteiger partial charge in [-0.15, -0.1) is 0 Å². The van der Waals surface area contributed by atoms with E-state index in [4.69, 9.17) is 0 Å². The lowest BCUT2D eigenvalue weighted by molar-refractivity contribution is 0.241. The second-order valence-electron chi connectivity index (χ2n) is 4.33. The number of nitrogens with one attached hydrogen (secondary N) is 2. The molecule has 5 heteroatoms. The third-order valence-electron chi connectivity index (χ3n) is 3.09. The van der Waals surface area contributed by atoms with Crippen LogP contribution >= 0.6 is 0 Å². The maximum absolute atomic E-state index is 11.2. The average molecular weight is 236 g/mol. The summed E-state index contributed by atoms with van der Waals surface area (Å²) in [5.74, 6) is 0. The molecule has 0 fully saturated rings. The van der Waals surface area contributed by atoms with Crippen LogP contribution in [0, 0.1) is 0 Å². The van der Waals surface area contributed by atoms with Crippen LogP contribution in [0.25, 0.3) is 0 Å². The number of nitrogens with zero attached hydrogens (tertiary/aromatic N) is 2. The van der Waals surface area contributed by atoms with Crippen molar-refractivity contribution in [3.8, 4) is 0 Å². The van der Waals surface area contributed by atoms with Crippen molar-refractivity contribution in [3.05, 3.63) is 17.5 Å². The fourth-order valence-corrected chi connectivity index (χ4v) is 2.25. The van der Waals surface area contributed by atoms with E-state index in [2.05, 4.69) is 15.7 Å². The first-order valence-corrected chi connectivity index (χ1v) is 6.36. The Morgan fingerprint density at radius 3 is 3.06 bits per heavy atom. The molecular formula is C12H20N4O. The van der Waals surface area contributed by atoms with E-state index < -0.39 is 0 Å². The van der Waals surface area contributed by atoms with Gasteiger partial charge < -0.3 is 10.6 Å². The highest BCUT2D eigenvalue weighted by atomic mass is 16.2. The summed E-state index contributed by atoms with van der Waals surface area (Å²) in [7, 11) is 0. The van der Waals surface area contributed by atoms with Crippen molar-refractivity contribution in [2.75, 3.05) is 13.1 Å². The molecule has 2 amide bonds. The van der Waals surface area contributed by atoms with E-state index in [1.165, 1.54) is 24.1 Å². The van der Waals surface area contributed by atoms with Crippen molar-refractivity contribution in [3.63, 3.8) is 0 Å². The number of rotatable bonds is 4. The van der Waals surface area contributed by atoms with E-state index in [0.29, 0.717) is 13.1 Å². The smallest absolute Gasteiger partial charge is 0.314 e. The Labute approximate surface area is 102 Å². The number of carbonyl (C=O) groups excluding carboxylic acids is 1. The van der Waals surface area contributed by atoms with E-state index in [9.17, 15) is 4.79 Å². The Kier molecular flexibility index (Phi) is 4.01. The zero-order valence-electron chi connectivity index (χ0n) is 10.3. The number of carbonyl (C=O) groups is 1. The van der Waals surface area contributed by atoms with E-state index in [-0.39, 0.29) is 6.03 Å². The molecule has 0 unspecified atom stereocenters. The van der Waals surface area contributed by atoms with Gasteiger partial charge in [0.2, 0.25) is 0 Å². The molecule has 1 aliphatic carbocycles. The number of fused-ring (bicyclic) bond motifs is 1. The van der Waals surface area contributed by atoms with Gasteiger partial charge in [-0.1, -0.05) is 0 Å². The molecule has 17 heavy (non-hydrogen) atoms. The van der Waals surface area contributed by atoms with Crippen LogP contribution in [-0.2, 0) is 19.4 Å². The molecule has 0 aliphatic heterocycles. The molecule has 0 saturated carbocycles. The predicted molar refractivity (Wildman–Crippen MR) is 65.9 cm³/mol. The number of urea groups is 1. The molecule has 1 aromatic heterocycles. The Bertz CT molecular complexity index is 386. The number of hydrogen-bond donors (Lipinski definition) is 2. The van der Waals surface area contributed by atoms with Crippen molar-refractivity contribution in [2.24, 2.45) is 0 Å². The molecule has 0 saturated heterocycles. The van der Waals surface area contributed by atoms with Gasteiger partial charge in [-0.25, -0.2) is 4.79 Å². The van der Waals surface area contributed by atoms with Gasteiger partial charge in [0.05, 0.1) is 12.7 Å². The van der Waals surface area contributed by atoms with E-state index in [0.717, 1.165) is 19.4 Å². The Balaban J connectivity index is 1.83. The lowest BCUT2D eigenvalue weighted by atomic mass is 9.98. The largest absolute Gasteiger partial charge is 0.338 e. The van der Waals surface area contributed by atoms with Crippen molar-refractivity contribution in [1.29, 1.82) is 0 Å². The second kappa shape index (κ2) is 5.70. The maximum Gasteiger partial charge on any atom is 0.314 e. The van der Waals surface area contributed by atoms with Crippen molar-refractivity contribution in [2.45, 2.75) is 39.2 Å². The minimum atomic E-state index is -0.103. The molecule has 1 heterocycles. The summed E-state index contributed by atoms with van der Waals surface area (Å²) < 4.78 is 2.03. The summed E-state index contributed by atoms with van der Waals surface area (Å²) in [6.07, 6.45) is 6.77. The van der Waals surface area contributed by atoms with Gasteiger partial charge >= 0.3 is 6.03 Å². The molecule has 0 bridgehead atoms. The quantitative estimate of drug-likeness (QED) is 0.822. The van der Waals surface area contributed by atoms with Crippen LogP contribution in [0.2, 0.25) is 0 Å². The van der Waals surface area contributed by atoms with Crippen LogP contribution in [0.5, 0.6) is 0 Å². The van der Waals surface area contributed by atoms with Gasteiger partial charge in [-0.2, -0.15) is 5.10 Å². The summed E-state index contributed by atoms with van der Waals surface area (Å²) in [5.41, 5.74) is 2.74. The first-order chi connectivity index (χ1) is 8.31. The first-order valence-electron chi connectivity index (χ1n) is 6.36. The number of hydrogen-bond acceptors (Lipinski definition) is 2. The lowest BCUT2D eigenvalue weighted by Crippen LogP contribution is -2.37. The minimum Gasteiger partial charge on any atom is -0.338 e. The number of amides is 2. The molecule has 2 N–H and O–H groups in total. The van der Waals surface area contributed by atoms with Gasteiger partial charge in [0, 0.05) is 18.8 Å². The maximum atomic E-state index is 11.2. The molecule has 2 rings (SSSR count). The van der Waals surface area contributed by atoms with Gasteiger partial charge in [0.25, 0.3) is 0 Å². The third kappa shape index (κ3) is 2.99. The molecule has 94 valence electrons. The summed E-state index contributed by atoms with van der Waals surface area (Å²) in [6, 6.07) is -0.103. The number of aromatic nitrogens is 2. The van der Waals surface area contributed by atoms with E-state index >= 15 is 0 Å². The molecule has 0 aromatic carbocycles. The summed E-state index contributed by atoms with van der Waals surface area (Å²) in [6.45, 7) is 3.94. The Morgan fingerprint density at radius 2 is 2.24 bits per heavy atom. The topological polar surface area (TPSA) is 59.0 Å². The third-order valence-corrected chi connectivity index (χ3v) is 3.09. The van der Waals surface area contributed by atoms with Gasteiger partial charge in [-0.05, 0) is 38.2 Å². The average Bonchev–Trinajstić information content (AvgIpc) is 2.73. The van der Waals surface area contributed by atoms with Crippen molar-refractivity contribution < 1.29 is 4.79 Å². The summed E-state index contributed by atoms with van der Waals surface area (Å²) in [4.78, 5) is 11.2. The highest BCUT2D eigenvalue weighted by molar-refractivity contribution is 5.73. The zero-order chi connectivity index (χ0) is 12.1. The minimum absolute atomic E-state index is 0.103. The zero-order valence-corrected chi connectivity index (χ0v) is 10.3. The van der Waals surface area contributed by atoms with Crippen molar-refractivity contribution in [1.82, 2.24) is 20.4 Å². The van der Waals surface area contributed by atoms with Crippen molar-refractivity contribution >= 4 is 6.03 Å². The fraction of sp³-hybridized carbons (Fsp3) is 0.667. The molecule has 1 aliphatic rings. The monoisotopic (exact) mass is 236 g/mol. The van der Waals surface area contributed by atoms with Gasteiger partial charge in [0.15, 0.2) is 0 Å². The highest BCUT2D eigenvalue weighted by Crippen LogP contribution is 2.20. The van der Waals surface area contributed by atoms with E-state index in [1.54, 1.807) is 0 Å². The first kappa shape index (κ1) is 12.0. The second-order valence-corrected chi connectivity index (χ2v) is 4.33. The van der Waals surface area contributed by atoms with Crippen LogP contribution in [0.4, 0.5) is 4.79 Å². The van der Waals surface area contributed by atoms with Crippen LogP contribution in [0.15, 0.2) is 6.20 Å². The van der Waals surface area contributed by atoms with Crippen LogP contribution < -0.4 is 10.6 Å². The fourth-order valence-electron chi connectivity index (χ4n) is 2.25. The van der Waals surface area contributed by atoms with Gasteiger partial charge in [0.1, 0.15) is 0 Å². The Morgan fingerprint density at radius 1 is 1.41 bits per heavy atom. The standard InChI is InChI=1S/C12H20N4O/c1-2-13-12(17)14-7-8-16-11-6-4-3-5-10(11)9-15-16/h9H,2-8H2,1H3,(H2,13,14,17). The molecule has 0 spiro atoms. The van der Waals surface area contributed by atoms with Crippen LogP contribution in [0.3, 0.4) is 0 Å². The summed E-state index contributed by atoms with van der Waals surface area (Å²) in [5, 5.41) is 9.91. The van der Waals surface area contributed by atoms with Gasteiger partial charge in [-0.3, -0.25) is 4.68 Å².